The Bertz CT molecular complexity index is 750. The monoisotopic (exact) mass is 407 g/mol. The van der Waals surface area contributed by atoms with E-state index in [4.69, 9.17) is 4.74 Å². The molecule has 1 saturated carbocycles. The van der Waals surface area contributed by atoms with Crippen LogP contribution in [0.4, 0.5) is 5.00 Å². The van der Waals surface area contributed by atoms with Crippen LogP contribution in [0.15, 0.2) is 34.1 Å². The van der Waals surface area contributed by atoms with E-state index in [1.165, 1.54) is 11.3 Å². The number of ether oxygens (including phenoxy) is 1. The molecule has 24 heavy (non-hydrogen) atoms. The lowest BCUT2D eigenvalue weighted by Crippen LogP contribution is -2.16. The maximum atomic E-state index is 12.3. The van der Waals surface area contributed by atoms with Gasteiger partial charge in [-0.15, -0.1) is 11.3 Å². The van der Waals surface area contributed by atoms with E-state index < -0.39 is 0 Å². The second kappa shape index (κ2) is 7.49. The molecule has 1 aromatic carbocycles. The Kier molecular flexibility index (Phi) is 5.36. The summed E-state index contributed by atoms with van der Waals surface area (Å²) in [5.41, 5.74) is 2.47. The highest BCUT2D eigenvalue weighted by atomic mass is 79.9. The molecule has 0 atom stereocenters. The molecule has 3 rings (SSSR count). The largest absolute Gasteiger partial charge is 0.462 e. The summed E-state index contributed by atoms with van der Waals surface area (Å²) < 4.78 is 6.15. The van der Waals surface area contributed by atoms with E-state index in [0.29, 0.717) is 23.1 Å². The molecule has 1 aliphatic rings. The van der Waals surface area contributed by atoms with Crippen LogP contribution in [-0.4, -0.2) is 18.5 Å². The van der Waals surface area contributed by atoms with E-state index in [9.17, 15) is 9.59 Å². The third-order valence-corrected chi connectivity index (χ3v) is 5.29. The third-order valence-electron chi connectivity index (χ3n) is 3.85. The number of benzene rings is 1. The van der Waals surface area contributed by atoms with Gasteiger partial charge in [0, 0.05) is 4.47 Å². The zero-order chi connectivity index (χ0) is 17.1. The molecule has 1 fully saturated rings. The van der Waals surface area contributed by atoms with Gasteiger partial charge in [-0.2, -0.15) is 0 Å². The molecule has 1 aliphatic carbocycles. The van der Waals surface area contributed by atoms with Crippen LogP contribution in [0.5, 0.6) is 0 Å². The van der Waals surface area contributed by atoms with Crippen molar-refractivity contribution >= 4 is 44.1 Å². The molecule has 0 saturated heterocycles. The van der Waals surface area contributed by atoms with Gasteiger partial charge in [0.05, 0.1) is 18.6 Å². The van der Waals surface area contributed by atoms with E-state index in [-0.39, 0.29) is 18.3 Å². The number of halogens is 1. The number of esters is 1. The van der Waals surface area contributed by atoms with Crippen molar-refractivity contribution in [3.8, 4) is 0 Å². The van der Waals surface area contributed by atoms with Crippen molar-refractivity contribution in [2.75, 3.05) is 11.9 Å². The summed E-state index contributed by atoms with van der Waals surface area (Å²) in [5.74, 6) is -0.0514. The molecular weight excluding hydrogens is 390 g/mol. The molecule has 0 unspecified atom stereocenters. The van der Waals surface area contributed by atoms with Crippen molar-refractivity contribution in [3.63, 3.8) is 0 Å². The highest BCUT2D eigenvalue weighted by Crippen LogP contribution is 2.46. The van der Waals surface area contributed by atoms with Crippen molar-refractivity contribution in [1.82, 2.24) is 0 Å². The van der Waals surface area contributed by atoms with Crippen LogP contribution < -0.4 is 5.32 Å². The molecule has 1 aromatic heterocycles. The summed E-state index contributed by atoms with van der Waals surface area (Å²) >= 11 is 4.78. The van der Waals surface area contributed by atoms with Crippen LogP contribution in [0, 0.1) is 0 Å². The highest BCUT2D eigenvalue weighted by molar-refractivity contribution is 9.10. The lowest BCUT2D eigenvalue weighted by Gasteiger charge is -2.08. The second-order valence-electron chi connectivity index (χ2n) is 5.74. The minimum atomic E-state index is -0.348. The number of thiophene rings is 1. The lowest BCUT2D eigenvalue weighted by molar-refractivity contribution is -0.115. The Morgan fingerprint density at radius 1 is 1.29 bits per heavy atom. The van der Waals surface area contributed by atoms with Crippen molar-refractivity contribution in [2.45, 2.75) is 32.1 Å². The first kappa shape index (κ1) is 17.2. The Hall–Kier alpha value is -1.66. The first-order valence-corrected chi connectivity index (χ1v) is 9.58. The van der Waals surface area contributed by atoms with E-state index in [0.717, 1.165) is 28.4 Å². The predicted molar refractivity (Wildman–Crippen MR) is 98.7 cm³/mol. The maximum absolute atomic E-state index is 12.3. The van der Waals surface area contributed by atoms with Crippen LogP contribution >= 0.6 is 27.3 Å². The van der Waals surface area contributed by atoms with Gasteiger partial charge in [-0.05, 0) is 54.3 Å². The van der Waals surface area contributed by atoms with Crippen LogP contribution in [0.25, 0.3) is 0 Å². The lowest BCUT2D eigenvalue weighted by atomic mass is 10.1. The fourth-order valence-electron chi connectivity index (χ4n) is 2.53. The van der Waals surface area contributed by atoms with Crippen LogP contribution in [0.1, 0.15) is 47.2 Å². The van der Waals surface area contributed by atoms with Crippen LogP contribution in [-0.2, 0) is 16.0 Å². The molecule has 126 valence electrons. The predicted octanol–water partition coefficient (Wildman–Crippen LogP) is 4.75. The summed E-state index contributed by atoms with van der Waals surface area (Å²) in [6, 6.07) is 7.62. The molecule has 0 spiro atoms. The van der Waals surface area contributed by atoms with Gasteiger partial charge in [0.2, 0.25) is 5.91 Å². The zero-order valence-corrected chi connectivity index (χ0v) is 15.7. The average molecular weight is 408 g/mol. The molecule has 0 radical (unpaired) electrons. The van der Waals surface area contributed by atoms with Crippen molar-refractivity contribution in [2.24, 2.45) is 0 Å². The number of carbonyl (C=O) groups is 2. The van der Waals surface area contributed by atoms with Gasteiger partial charge < -0.3 is 10.1 Å². The molecule has 1 heterocycles. The smallest absolute Gasteiger partial charge is 0.341 e. The molecule has 4 nitrogen and oxygen atoms in total. The van der Waals surface area contributed by atoms with Crippen molar-refractivity contribution in [3.05, 3.63) is 50.8 Å². The van der Waals surface area contributed by atoms with Gasteiger partial charge in [0.1, 0.15) is 5.00 Å². The standard InChI is InChI=1S/C18H18BrNO3S/c1-2-23-18(22)16-14(12-5-6-12)10-24-17(16)20-15(21)9-11-3-7-13(19)8-4-11/h3-4,7-8,10,12H,2,5-6,9H2,1H3,(H,20,21). The van der Waals surface area contributed by atoms with E-state index >= 15 is 0 Å². The topological polar surface area (TPSA) is 55.4 Å². The molecule has 1 N–H and O–H groups in total. The number of hydrogen-bond acceptors (Lipinski definition) is 4. The van der Waals surface area contributed by atoms with E-state index in [1.54, 1.807) is 6.92 Å². The van der Waals surface area contributed by atoms with Gasteiger partial charge in [-0.25, -0.2) is 4.79 Å². The van der Waals surface area contributed by atoms with Gasteiger partial charge >= 0.3 is 5.97 Å². The zero-order valence-electron chi connectivity index (χ0n) is 13.3. The SMILES string of the molecule is CCOC(=O)c1c(C2CC2)csc1NC(=O)Cc1ccc(Br)cc1. The fourth-order valence-corrected chi connectivity index (χ4v) is 3.84. The van der Waals surface area contributed by atoms with Crippen molar-refractivity contribution < 1.29 is 14.3 Å². The first-order valence-electron chi connectivity index (χ1n) is 7.91. The quantitative estimate of drug-likeness (QED) is 0.703. The van der Waals surface area contributed by atoms with Gasteiger partial charge in [0.25, 0.3) is 0 Å². The number of carbonyl (C=O) groups excluding carboxylic acids is 2. The van der Waals surface area contributed by atoms with Gasteiger partial charge in [-0.1, -0.05) is 28.1 Å². The number of hydrogen-bond donors (Lipinski definition) is 1. The third kappa shape index (κ3) is 4.05. The molecule has 6 heteroatoms. The minimum Gasteiger partial charge on any atom is -0.462 e. The van der Waals surface area contributed by atoms with Crippen LogP contribution in [0.2, 0.25) is 0 Å². The number of nitrogens with one attached hydrogen (secondary N) is 1. The summed E-state index contributed by atoms with van der Waals surface area (Å²) in [6.45, 7) is 2.11. The average Bonchev–Trinajstić information content (AvgIpc) is 3.31. The molecular formula is C18H18BrNO3S. The summed E-state index contributed by atoms with van der Waals surface area (Å²) in [5, 5.41) is 5.45. The van der Waals surface area contributed by atoms with E-state index in [2.05, 4.69) is 21.2 Å². The normalized spacial score (nSPS) is 13.6. The maximum Gasteiger partial charge on any atom is 0.341 e. The number of anilines is 1. The van der Waals surface area contributed by atoms with Gasteiger partial charge in [-0.3, -0.25) is 4.79 Å². The number of amides is 1. The van der Waals surface area contributed by atoms with Gasteiger partial charge in [0.15, 0.2) is 0 Å². The Morgan fingerprint density at radius 3 is 2.62 bits per heavy atom. The Morgan fingerprint density at radius 2 is 2.00 bits per heavy atom. The molecule has 2 aromatic rings. The Balaban J connectivity index is 1.75. The minimum absolute atomic E-state index is 0.132. The Labute approximate surface area is 153 Å². The molecule has 0 aliphatic heterocycles. The number of rotatable bonds is 6. The summed E-state index contributed by atoms with van der Waals surface area (Å²) in [6.07, 6.45) is 2.46. The van der Waals surface area contributed by atoms with Crippen molar-refractivity contribution in [1.29, 1.82) is 0 Å². The molecule has 1 amide bonds. The first-order chi connectivity index (χ1) is 11.6. The summed E-state index contributed by atoms with van der Waals surface area (Å²) in [7, 11) is 0. The van der Waals surface area contributed by atoms with E-state index in [1.807, 2.05) is 29.6 Å². The highest BCUT2D eigenvalue weighted by Gasteiger charge is 2.32. The summed E-state index contributed by atoms with van der Waals surface area (Å²) in [4.78, 5) is 24.6. The second-order valence-corrected chi connectivity index (χ2v) is 7.54. The fraction of sp³-hybridized carbons (Fsp3) is 0.333. The van der Waals surface area contributed by atoms with Crippen LogP contribution in [0.3, 0.4) is 0 Å². The molecule has 0 bridgehead atoms.